The quantitative estimate of drug-likeness (QED) is 0.662. The number of carboxylic acid groups (broad SMARTS) is 1. The van der Waals surface area contributed by atoms with Gasteiger partial charge in [0.05, 0.1) is 6.42 Å². The van der Waals surface area contributed by atoms with Crippen molar-refractivity contribution in [3.8, 4) is 0 Å². The molecular weight excluding hydrogens is 246 g/mol. The van der Waals surface area contributed by atoms with Crippen LogP contribution in [0.3, 0.4) is 0 Å². The molecule has 0 spiro atoms. The lowest BCUT2D eigenvalue weighted by Crippen LogP contribution is -2.47. The minimum Gasteiger partial charge on any atom is -0.481 e. The molecule has 0 aliphatic rings. The third kappa shape index (κ3) is 8.42. The second-order valence-corrected chi connectivity index (χ2v) is 4.94. The van der Waals surface area contributed by atoms with Crippen molar-refractivity contribution in [1.82, 2.24) is 15.1 Å². The first-order valence-corrected chi connectivity index (χ1v) is 6.82. The number of carbonyl (C=O) groups excluding carboxylic acids is 1. The fraction of sp³-hybridized carbons (Fsp3) is 0.846. The van der Waals surface area contributed by atoms with Crippen LogP contribution in [-0.4, -0.2) is 66.7 Å². The van der Waals surface area contributed by atoms with E-state index in [1.165, 1.54) is 0 Å². The monoisotopic (exact) mass is 273 g/mol. The Balaban J connectivity index is 4.39. The van der Waals surface area contributed by atoms with Crippen LogP contribution in [0.1, 0.15) is 33.1 Å². The van der Waals surface area contributed by atoms with Crippen molar-refractivity contribution in [1.29, 1.82) is 0 Å². The standard InChI is InChI=1S/C13H27N3O3/c1-5-7-16(9-8-15(3)4)13(19)14-11(6-2)10-12(17)18/h11H,5-10H2,1-4H3,(H,14,19)(H,17,18). The van der Waals surface area contributed by atoms with Crippen LogP contribution in [0.2, 0.25) is 0 Å². The summed E-state index contributed by atoms with van der Waals surface area (Å²) < 4.78 is 0. The van der Waals surface area contributed by atoms with E-state index in [2.05, 4.69) is 5.32 Å². The first-order chi connectivity index (χ1) is 8.90. The third-order valence-corrected chi connectivity index (χ3v) is 2.84. The average molecular weight is 273 g/mol. The highest BCUT2D eigenvalue weighted by molar-refractivity contribution is 5.76. The number of carbonyl (C=O) groups is 2. The molecule has 0 bridgehead atoms. The summed E-state index contributed by atoms with van der Waals surface area (Å²) in [5, 5.41) is 11.6. The van der Waals surface area contributed by atoms with E-state index >= 15 is 0 Å². The molecule has 0 aromatic rings. The van der Waals surface area contributed by atoms with Crippen molar-refractivity contribution < 1.29 is 14.7 Å². The maximum atomic E-state index is 12.1. The molecule has 6 heteroatoms. The van der Waals surface area contributed by atoms with Gasteiger partial charge in [0.2, 0.25) is 0 Å². The number of urea groups is 1. The van der Waals surface area contributed by atoms with Gasteiger partial charge in [0.15, 0.2) is 0 Å². The van der Waals surface area contributed by atoms with Crippen LogP contribution in [0.4, 0.5) is 4.79 Å². The highest BCUT2D eigenvalue weighted by Crippen LogP contribution is 2.01. The zero-order valence-electron chi connectivity index (χ0n) is 12.5. The van der Waals surface area contributed by atoms with Gasteiger partial charge in [-0.25, -0.2) is 4.79 Å². The lowest BCUT2D eigenvalue weighted by molar-refractivity contribution is -0.137. The topological polar surface area (TPSA) is 72.9 Å². The summed E-state index contributed by atoms with van der Waals surface area (Å²) in [5.74, 6) is -0.887. The first-order valence-electron chi connectivity index (χ1n) is 6.82. The van der Waals surface area contributed by atoms with E-state index < -0.39 is 5.97 Å². The molecule has 1 unspecified atom stereocenters. The Morgan fingerprint density at radius 3 is 2.21 bits per heavy atom. The van der Waals surface area contributed by atoms with Gasteiger partial charge in [0.1, 0.15) is 0 Å². The van der Waals surface area contributed by atoms with E-state index in [-0.39, 0.29) is 18.5 Å². The van der Waals surface area contributed by atoms with Crippen LogP contribution in [0.5, 0.6) is 0 Å². The van der Waals surface area contributed by atoms with Gasteiger partial charge in [-0.1, -0.05) is 13.8 Å². The summed E-state index contributed by atoms with van der Waals surface area (Å²) in [7, 11) is 3.92. The van der Waals surface area contributed by atoms with E-state index in [4.69, 9.17) is 5.11 Å². The van der Waals surface area contributed by atoms with Crippen LogP contribution in [0.25, 0.3) is 0 Å². The fourth-order valence-corrected chi connectivity index (χ4v) is 1.68. The van der Waals surface area contributed by atoms with Gasteiger partial charge < -0.3 is 20.2 Å². The van der Waals surface area contributed by atoms with Crippen molar-refractivity contribution in [2.45, 2.75) is 39.2 Å². The smallest absolute Gasteiger partial charge is 0.317 e. The van der Waals surface area contributed by atoms with Gasteiger partial charge in [-0.3, -0.25) is 4.79 Å². The molecule has 0 aromatic carbocycles. The molecule has 2 amide bonds. The molecular formula is C13H27N3O3. The predicted molar refractivity (Wildman–Crippen MR) is 75.3 cm³/mol. The Morgan fingerprint density at radius 1 is 1.16 bits per heavy atom. The predicted octanol–water partition coefficient (Wildman–Crippen LogP) is 1.22. The van der Waals surface area contributed by atoms with Crippen molar-refractivity contribution in [2.24, 2.45) is 0 Å². The lowest BCUT2D eigenvalue weighted by Gasteiger charge is -2.26. The Labute approximate surface area is 115 Å². The number of aliphatic carboxylic acids is 1. The number of hydrogen-bond donors (Lipinski definition) is 2. The van der Waals surface area contributed by atoms with E-state index in [0.717, 1.165) is 13.0 Å². The Bertz CT molecular complexity index is 282. The molecule has 0 radical (unpaired) electrons. The number of nitrogens with zero attached hydrogens (tertiary/aromatic N) is 2. The van der Waals surface area contributed by atoms with Crippen LogP contribution >= 0.6 is 0 Å². The van der Waals surface area contributed by atoms with Gasteiger partial charge >= 0.3 is 12.0 Å². The Morgan fingerprint density at radius 2 is 1.79 bits per heavy atom. The molecule has 0 fully saturated rings. The number of hydrogen-bond acceptors (Lipinski definition) is 3. The molecule has 0 rings (SSSR count). The zero-order valence-corrected chi connectivity index (χ0v) is 12.5. The van der Waals surface area contributed by atoms with Crippen LogP contribution in [0.15, 0.2) is 0 Å². The molecule has 112 valence electrons. The van der Waals surface area contributed by atoms with Gasteiger partial charge in [-0.2, -0.15) is 0 Å². The molecule has 0 aliphatic heterocycles. The summed E-state index contributed by atoms with van der Waals surface area (Å²) >= 11 is 0. The minimum atomic E-state index is -0.887. The highest BCUT2D eigenvalue weighted by Gasteiger charge is 2.18. The molecule has 6 nitrogen and oxygen atoms in total. The van der Waals surface area contributed by atoms with Crippen LogP contribution in [-0.2, 0) is 4.79 Å². The van der Waals surface area contributed by atoms with Crippen LogP contribution < -0.4 is 5.32 Å². The largest absolute Gasteiger partial charge is 0.481 e. The molecule has 0 heterocycles. The average Bonchev–Trinajstić information content (AvgIpc) is 2.32. The van der Waals surface area contributed by atoms with Gasteiger partial charge in [0, 0.05) is 25.7 Å². The van der Waals surface area contributed by atoms with Gasteiger partial charge in [0.25, 0.3) is 0 Å². The Kier molecular flexibility index (Phi) is 8.95. The normalized spacial score (nSPS) is 12.3. The van der Waals surface area contributed by atoms with Crippen molar-refractivity contribution >= 4 is 12.0 Å². The number of carboxylic acids is 1. The van der Waals surface area contributed by atoms with E-state index in [1.54, 1.807) is 4.90 Å². The fourth-order valence-electron chi connectivity index (χ4n) is 1.68. The molecule has 19 heavy (non-hydrogen) atoms. The van der Waals surface area contributed by atoms with Crippen LogP contribution in [0, 0.1) is 0 Å². The molecule has 2 N–H and O–H groups in total. The molecule has 0 saturated carbocycles. The van der Waals surface area contributed by atoms with E-state index in [1.807, 2.05) is 32.8 Å². The summed E-state index contributed by atoms with van der Waals surface area (Å²) in [4.78, 5) is 26.5. The van der Waals surface area contributed by atoms with Crippen molar-refractivity contribution in [2.75, 3.05) is 33.7 Å². The number of amides is 2. The minimum absolute atomic E-state index is 0.0319. The second kappa shape index (κ2) is 9.61. The number of nitrogens with one attached hydrogen (secondary N) is 1. The number of likely N-dealkylation sites (N-methyl/N-ethyl adjacent to an activating group) is 1. The maximum absolute atomic E-state index is 12.1. The molecule has 0 aromatic heterocycles. The SMILES string of the molecule is CCCN(CCN(C)C)C(=O)NC(CC)CC(=O)O. The van der Waals surface area contributed by atoms with E-state index in [9.17, 15) is 9.59 Å². The third-order valence-electron chi connectivity index (χ3n) is 2.84. The maximum Gasteiger partial charge on any atom is 0.317 e. The van der Waals surface area contributed by atoms with Crippen molar-refractivity contribution in [3.63, 3.8) is 0 Å². The van der Waals surface area contributed by atoms with E-state index in [0.29, 0.717) is 19.5 Å². The summed E-state index contributed by atoms with van der Waals surface area (Å²) in [6.45, 7) is 6.02. The molecule has 1 atom stereocenters. The number of rotatable bonds is 9. The first kappa shape index (κ1) is 17.7. The molecule has 0 aliphatic carbocycles. The van der Waals surface area contributed by atoms with Crippen molar-refractivity contribution in [3.05, 3.63) is 0 Å². The Hall–Kier alpha value is -1.30. The summed E-state index contributed by atoms with van der Waals surface area (Å²) in [6, 6.07) is -0.472. The second-order valence-electron chi connectivity index (χ2n) is 4.94. The summed E-state index contributed by atoms with van der Waals surface area (Å²) in [5.41, 5.74) is 0. The highest BCUT2D eigenvalue weighted by atomic mass is 16.4. The zero-order chi connectivity index (χ0) is 14.8. The van der Waals surface area contributed by atoms with Gasteiger partial charge in [-0.15, -0.1) is 0 Å². The summed E-state index contributed by atoms with van der Waals surface area (Å²) in [6.07, 6.45) is 1.47. The molecule has 0 saturated heterocycles. The lowest BCUT2D eigenvalue weighted by atomic mass is 10.1. The van der Waals surface area contributed by atoms with Gasteiger partial charge in [-0.05, 0) is 26.9 Å².